The largest absolute Gasteiger partial charge is 0.481 e. The molecule has 0 bridgehead atoms. The van der Waals surface area contributed by atoms with Crippen molar-refractivity contribution in [3.8, 4) is 0 Å². The molecule has 0 saturated heterocycles. The summed E-state index contributed by atoms with van der Waals surface area (Å²) in [6, 6.07) is 1.50. The molecule has 5 nitrogen and oxygen atoms in total. The zero-order chi connectivity index (χ0) is 12.0. The first-order valence-electron chi connectivity index (χ1n) is 5.34. The minimum Gasteiger partial charge on any atom is -0.481 e. The van der Waals surface area contributed by atoms with E-state index in [2.05, 4.69) is 4.98 Å². The summed E-state index contributed by atoms with van der Waals surface area (Å²) in [7, 11) is 0. The van der Waals surface area contributed by atoms with Crippen LogP contribution in [0.15, 0.2) is 17.2 Å². The molecular weight excluding hydrogens is 208 g/mol. The molecule has 1 rings (SSSR count). The maximum absolute atomic E-state index is 11.4. The Hall–Kier alpha value is -1.65. The van der Waals surface area contributed by atoms with Gasteiger partial charge in [0.05, 0.1) is 6.33 Å². The van der Waals surface area contributed by atoms with Crippen LogP contribution < -0.4 is 5.56 Å². The highest BCUT2D eigenvalue weighted by Gasteiger charge is 1.99. The van der Waals surface area contributed by atoms with Gasteiger partial charge in [0, 0.05) is 24.7 Å². The molecule has 16 heavy (non-hydrogen) atoms. The molecule has 0 atom stereocenters. The molecule has 1 N–H and O–H groups in total. The predicted molar refractivity (Wildman–Crippen MR) is 59.3 cm³/mol. The molecule has 0 saturated carbocycles. The summed E-state index contributed by atoms with van der Waals surface area (Å²) in [5, 5.41) is 8.44. The van der Waals surface area contributed by atoms with Crippen molar-refractivity contribution in [2.45, 2.75) is 39.2 Å². The summed E-state index contributed by atoms with van der Waals surface area (Å²) in [6.45, 7) is 2.38. The molecule has 0 aliphatic heterocycles. The lowest BCUT2D eigenvalue weighted by molar-refractivity contribution is -0.137. The van der Waals surface area contributed by atoms with Gasteiger partial charge in [-0.25, -0.2) is 4.98 Å². The van der Waals surface area contributed by atoms with Gasteiger partial charge in [0.15, 0.2) is 0 Å². The Balaban J connectivity index is 2.32. The summed E-state index contributed by atoms with van der Waals surface area (Å²) in [5.74, 6) is -0.769. The standard InChI is InChI=1S/C11H16N2O3/c1-9-7-10(14)13(8-12-9)6-4-2-3-5-11(15)16/h7-8H,2-6H2,1H3,(H,15,16). The lowest BCUT2D eigenvalue weighted by atomic mass is 10.2. The van der Waals surface area contributed by atoms with Crippen molar-refractivity contribution >= 4 is 5.97 Å². The Morgan fingerprint density at radius 3 is 2.81 bits per heavy atom. The van der Waals surface area contributed by atoms with Crippen molar-refractivity contribution in [2.75, 3.05) is 0 Å². The number of carboxylic acid groups (broad SMARTS) is 1. The molecule has 0 unspecified atom stereocenters. The number of aromatic nitrogens is 2. The lowest BCUT2D eigenvalue weighted by Gasteiger charge is -2.04. The summed E-state index contributed by atoms with van der Waals surface area (Å²) >= 11 is 0. The molecule has 0 aliphatic rings. The van der Waals surface area contributed by atoms with E-state index in [-0.39, 0.29) is 12.0 Å². The van der Waals surface area contributed by atoms with Gasteiger partial charge in [-0.3, -0.25) is 14.2 Å². The number of carboxylic acids is 1. The van der Waals surface area contributed by atoms with Gasteiger partial charge in [0.25, 0.3) is 5.56 Å². The van der Waals surface area contributed by atoms with Crippen molar-refractivity contribution in [3.63, 3.8) is 0 Å². The monoisotopic (exact) mass is 224 g/mol. The third-order valence-corrected chi connectivity index (χ3v) is 2.31. The van der Waals surface area contributed by atoms with Crippen molar-refractivity contribution in [1.29, 1.82) is 0 Å². The fraction of sp³-hybridized carbons (Fsp3) is 0.545. The third-order valence-electron chi connectivity index (χ3n) is 2.31. The van der Waals surface area contributed by atoms with Crippen LogP contribution in [0.4, 0.5) is 0 Å². The summed E-state index contributed by atoms with van der Waals surface area (Å²) in [4.78, 5) is 25.7. The molecule has 0 aliphatic carbocycles. The van der Waals surface area contributed by atoms with Crippen LogP contribution in [0.1, 0.15) is 31.4 Å². The number of aryl methyl sites for hydroxylation is 2. The minimum atomic E-state index is -0.769. The summed E-state index contributed by atoms with van der Waals surface area (Å²) in [5.41, 5.74) is 0.665. The van der Waals surface area contributed by atoms with Crippen molar-refractivity contribution in [3.05, 3.63) is 28.4 Å². The highest BCUT2D eigenvalue weighted by Crippen LogP contribution is 2.01. The topological polar surface area (TPSA) is 72.2 Å². The van der Waals surface area contributed by atoms with Crippen molar-refractivity contribution in [1.82, 2.24) is 9.55 Å². The van der Waals surface area contributed by atoms with Crippen molar-refractivity contribution < 1.29 is 9.90 Å². The van der Waals surface area contributed by atoms with Crippen LogP contribution in [-0.2, 0) is 11.3 Å². The van der Waals surface area contributed by atoms with Crippen LogP contribution in [0.3, 0.4) is 0 Å². The maximum atomic E-state index is 11.4. The number of carbonyl (C=O) groups is 1. The Morgan fingerprint density at radius 2 is 2.19 bits per heavy atom. The average molecular weight is 224 g/mol. The molecular formula is C11H16N2O3. The second kappa shape index (κ2) is 6.05. The fourth-order valence-electron chi connectivity index (χ4n) is 1.42. The molecule has 1 heterocycles. The zero-order valence-electron chi connectivity index (χ0n) is 9.35. The van der Waals surface area contributed by atoms with E-state index in [4.69, 9.17) is 5.11 Å². The van der Waals surface area contributed by atoms with E-state index in [1.807, 2.05) is 0 Å². The van der Waals surface area contributed by atoms with E-state index in [1.54, 1.807) is 11.5 Å². The molecule has 5 heteroatoms. The Kier molecular flexibility index (Phi) is 4.69. The average Bonchev–Trinajstić information content (AvgIpc) is 2.20. The summed E-state index contributed by atoms with van der Waals surface area (Å²) < 4.78 is 1.55. The van der Waals surface area contributed by atoms with E-state index in [0.29, 0.717) is 18.7 Å². The van der Waals surface area contributed by atoms with Gasteiger partial charge < -0.3 is 5.11 Å². The Bertz CT molecular complexity index is 412. The van der Waals surface area contributed by atoms with Crippen LogP contribution in [0.2, 0.25) is 0 Å². The fourth-order valence-corrected chi connectivity index (χ4v) is 1.42. The molecule has 0 aromatic carbocycles. The number of aliphatic carboxylic acids is 1. The molecule has 0 spiro atoms. The first-order chi connectivity index (χ1) is 7.59. The van der Waals surface area contributed by atoms with E-state index in [9.17, 15) is 9.59 Å². The van der Waals surface area contributed by atoms with E-state index < -0.39 is 5.97 Å². The molecule has 0 fully saturated rings. The van der Waals surface area contributed by atoms with Gasteiger partial charge in [-0.2, -0.15) is 0 Å². The van der Waals surface area contributed by atoms with Gasteiger partial charge in [-0.05, 0) is 19.8 Å². The summed E-state index contributed by atoms with van der Waals surface area (Å²) in [6.07, 6.45) is 4.00. The van der Waals surface area contributed by atoms with E-state index >= 15 is 0 Å². The van der Waals surface area contributed by atoms with Gasteiger partial charge >= 0.3 is 5.97 Å². The number of hydrogen-bond acceptors (Lipinski definition) is 3. The van der Waals surface area contributed by atoms with Gasteiger partial charge in [0.1, 0.15) is 0 Å². The van der Waals surface area contributed by atoms with Gasteiger partial charge in [-0.1, -0.05) is 6.42 Å². The quantitative estimate of drug-likeness (QED) is 0.737. The first kappa shape index (κ1) is 12.4. The minimum absolute atomic E-state index is 0.0502. The Labute approximate surface area is 93.8 Å². The molecule has 0 radical (unpaired) electrons. The molecule has 88 valence electrons. The number of hydrogen-bond donors (Lipinski definition) is 1. The highest BCUT2D eigenvalue weighted by atomic mass is 16.4. The van der Waals surface area contributed by atoms with Crippen LogP contribution in [0, 0.1) is 6.92 Å². The number of unbranched alkanes of at least 4 members (excludes halogenated alkanes) is 2. The van der Waals surface area contributed by atoms with Gasteiger partial charge in [-0.15, -0.1) is 0 Å². The molecule has 1 aromatic rings. The van der Waals surface area contributed by atoms with E-state index in [0.717, 1.165) is 12.8 Å². The maximum Gasteiger partial charge on any atom is 0.303 e. The smallest absolute Gasteiger partial charge is 0.303 e. The van der Waals surface area contributed by atoms with Crippen molar-refractivity contribution in [2.24, 2.45) is 0 Å². The number of rotatable bonds is 6. The van der Waals surface area contributed by atoms with Crippen LogP contribution in [0.5, 0.6) is 0 Å². The third kappa shape index (κ3) is 4.25. The highest BCUT2D eigenvalue weighted by molar-refractivity contribution is 5.66. The van der Waals surface area contributed by atoms with Crippen LogP contribution >= 0.6 is 0 Å². The zero-order valence-corrected chi connectivity index (χ0v) is 9.35. The predicted octanol–water partition coefficient (Wildman–Crippen LogP) is 1.20. The first-order valence-corrected chi connectivity index (χ1v) is 5.34. The van der Waals surface area contributed by atoms with E-state index in [1.165, 1.54) is 12.4 Å². The van der Waals surface area contributed by atoms with Gasteiger partial charge in [0.2, 0.25) is 0 Å². The molecule has 0 amide bonds. The normalized spacial score (nSPS) is 10.3. The SMILES string of the molecule is Cc1cc(=O)n(CCCCCC(=O)O)cn1. The van der Waals surface area contributed by atoms with Crippen LogP contribution in [-0.4, -0.2) is 20.6 Å². The Morgan fingerprint density at radius 1 is 1.44 bits per heavy atom. The van der Waals surface area contributed by atoms with Crippen LogP contribution in [0.25, 0.3) is 0 Å². The molecule has 1 aromatic heterocycles. The number of nitrogens with zero attached hydrogens (tertiary/aromatic N) is 2. The lowest BCUT2D eigenvalue weighted by Crippen LogP contribution is -2.19. The second-order valence-electron chi connectivity index (χ2n) is 3.77. The second-order valence-corrected chi connectivity index (χ2v) is 3.77.